The molecule has 0 aromatic heterocycles. The predicted octanol–water partition coefficient (Wildman–Crippen LogP) is 2.71. The fraction of sp³-hybridized carbons (Fsp3) is 0.538. The monoisotopic (exact) mass is 241 g/mol. The first-order valence-corrected chi connectivity index (χ1v) is 5.74. The number of hydrogen-bond donors (Lipinski definition) is 1. The number of methoxy groups -OCH3 is 1. The number of nitrogens with two attached hydrogens (primary N) is 1. The van der Waals surface area contributed by atoms with Gasteiger partial charge in [0.05, 0.1) is 7.11 Å². The lowest BCUT2D eigenvalue weighted by atomic mass is 9.79. The Labute approximate surface area is 99.8 Å². The van der Waals surface area contributed by atoms with Gasteiger partial charge in [0.25, 0.3) is 0 Å². The van der Waals surface area contributed by atoms with Crippen LogP contribution in [0.5, 0.6) is 5.75 Å². The second-order valence-corrected chi connectivity index (χ2v) is 4.75. The van der Waals surface area contributed by atoms with Gasteiger partial charge in [-0.15, -0.1) is 0 Å². The van der Waals surface area contributed by atoms with Gasteiger partial charge in [-0.1, -0.05) is 12.1 Å². The van der Waals surface area contributed by atoms with E-state index in [1.807, 2.05) is 12.1 Å². The van der Waals surface area contributed by atoms with E-state index in [0.29, 0.717) is 6.42 Å². The van der Waals surface area contributed by atoms with Gasteiger partial charge in [0.1, 0.15) is 5.75 Å². The maximum atomic E-state index is 13.4. The van der Waals surface area contributed by atoms with Crippen LogP contribution in [0.1, 0.15) is 24.8 Å². The summed E-state index contributed by atoms with van der Waals surface area (Å²) in [5.41, 5.74) is 6.04. The Balaban J connectivity index is 2.29. The molecule has 1 aromatic rings. The lowest BCUT2D eigenvalue weighted by Crippen LogP contribution is -2.33. The molecule has 17 heavy (non-hydrogen) atoms. The molecule has 2 N–H and O–H groups in total. The van der Waals surface area contributed by atoms with Crippen LogP contribution < -0.4 is 10.5 Å². The number of benzene rings is 1. The van der Waals surface area contributed by atoms with Gasteiger partial charge >= 0.3 is 0 Å². The van der Waals surface area contributed by atoms with Crippen LogP contribution in [0.2, 0.25) is 0 Å². The van der Waals surface area contributed by atoms with E-state index in [-0.39, 0.29) is 19.4 Å². The summed E-state index contributed by atoms with van der Waals surface area (Å²) in [7, 11) is 1.58. The van der Waals surface area contributed by atoms with Gasteiger partial charge in [0.15, 0.2) is 0 Å². The summed E-state index contributed by atoms with van der Waals surface area (Å²) in [5.74, 6) is -1.86. The molecule has 0 saturated heterocycles. The molecule has 1 atom stereocenters. The first-order valence-electron chi connectivity index (χ1n) is 5.74. The number of halogens is 2. The Kier molecular flexibility index (Phi) is 3.08. The normalized spacial score (nSPS) is 27.1. The molecule has 4 heteroatoms. The molecule has 2 rings (SSSR count). The third-order valence-electron chi connectivity index (χ3n) is 3.66. The number of ether oxygens (including phenoxy) is 1. The molecule has 0 heterocycles. The van der Waals surface area contributed by atoms with Crippen molar-refractivity contribution in [2.45, 2.75) is 30.6 Å². The fourth-order valence-corrected chi connectivity index (χ4v) is 2.58. The van der Waals surface area contributed by atoms with Gasteiger partial charge in [-0.05, 0) is 24.1 Å². The van der Waals surface area contributed by atoms with Crippen molar-refractivity contribution in [2.75, 3.05) is 13.7 Å². The van der Waals surface area contributed by atoms with Gasteiger partial charge in [-0.2, -0.15) is 0 Å². The van der Waals surface area contributed by atoms with E-state index in [0.717, 1.165) is 11.3 Å². The van der Waals surface area contributed by atoms with Crippen LogP contribution in [-0.2, 0) is 5.41 Å². The second-order valence-electron chi connectivity index (χ2n) is 4.75. The van der Waals surface area contributed by atoms with Crippen molar-refractivity contribution in [3.05, 3.63) is 29.8 Å². The van der Waals surface area contributed by atoms with Crippen LogP contribution in [0.15, 0.2) is 24.3 Å². The van der Waals surface area contributed by atoms with Crippen molar-refractivity contribution in [3.8, 4) is 5.75 Å². The molecule has 1 aliphatic carbocycles. The summed E-state index contributed by atoms with van der Waals surface area (Å²) in [6, 6.07) is 7.27. The molecule has 0 radical (unpaired) electrons. The number of alkyl halides is 2. The maximum absolute atomic E-state index is 13.4. The van der Waals surface area contributed by atoms with E-state index in [9.17, 15) is 8.78 Å². The molecule has 1 aliphatic rings. The molecule has 0 bridgehead atoms. The lowest BCUT2D eigenvalue weighted by molar-refractivity contribution is 0.00302. The maximum Gasteiger partial charge on any atom is 0.249 e. The average molecular weight is 241 g/mol. The highest BCUT2D eigenvalue weighted by Crippen LogP contribution is 2.48. The third kappa shape index (κ3) is 2.27. The highest BCUT2D eigenvalue weighted by Gasteiger charge is 2.49. The average Bonchev–Trinajstić information content (AvgIpc) is 2.66. The van der Waals surface area contributed by atoms with Crippen molar-refractivity contribution in [2.24, 2.45) is 5.73 Å². The fourth-order valence-electron chi connectivity index (χ4n) is 2.58. The summed E-state index contributed by atoms with van der Waals surface area (Å²) >= 11 is 0. The number of hydrogen-bond acceptors (Lipinski definition) is 2. The standard InChI is InChI=1S/C13H17F2NO/c1-17-11-4-2-10(3-5-11)12(9-16)6-7-13(14,15)8-12/h2-5H,6-9,16H2,1H3. The molecule has 0 amide bonds. The predicted molar refractivity (Wildman–Crippen MR) is 62.5 cm³/mol. The Bertz CT molecular complexity index is 391. The molecular weight excluding hydrogens is 224 g/mol. The zero-order chi connectivity index (χ0) is 12.5. The lowest BCUT2D eigenvalue weighted by Gasteiger charge is -2.28. The third-order valence-corrected chi connectivity index (χ3v) is 3.66. The van der Waals surface area contributed by atoms with Gasteiger partial charge in [-0.25, -0.2) is 8.78 Å². The van der Waals surface area contributed by atoms with E-state index in [2.05, 4.69) is 0 Å². The summed E-state index contributed by atoms with van der Waals surface area (Å²) < 4.78 is 31.8. The Hall–Kier alpha value is -1.16. The highest BCUT2D eigenvalue weighted by molar-refractivity contribution is 5.34. The van der Waals surface area contributed by atoms with E-state index in [1.54, 1.807) is 19.2 Å². The van der Waals surface area contributed by atoms with Crippen molar-refractivity contribution < 1.29 is 13.5 Å². The van der Waals surface area contributed by atoms with E-state index < -0.39 is 11.3 Å². The van der Waals surface area contributed by atoms with Crippen LogP contribution in [0, 0.1) is 0 Å². The van der Waals surface area contributed by atoms with Crippen LogP contribution in [0.25, 0.3) is 0 Å². The van der Waals surface area contributed by atoms with Gasteiger partial charge in [0.2, 0.25) is 5.92 Å². The van der Waals surface area contributed by atoms with Gasteiger partial charge in [-0.3, -0.25) is 0 Å². The molecule has 1 fully saturated rings. The summed E-state index contributed by atoms with van der Waals surface area (Å²) in [6.45, 7) is 0.259. The van der Waals surface area contributed by atoms with Crippen molar-refractivity contribution in [3.63, 3.8) is 0 Å². The summed E-state index contributed by atoms with van der Waals surface area (Å²) in [5, 5.41) is 0. The summed E-state index contributed by atoms with van der Waals surface area (Å²) in [6.07, 6.45) is 0.224. The van der Waals surface area contributed by atoms with E-state index in [4.69, 9.17) is 10.5 Å². The topological polar surface area (TPSA) is 35.2 Å². The minimum Gasteiger partial charge on any atom is -0.497 e. The Morgan fingerprint density at radius 3 is 2.29 bits per heavy atom. The van der Waals surface area contributed by atoms with Crippen molar-refractivity contribution in [1.29, 1.82) is 0 Å². The molecule has 1 aromatic carbocycles. The largest absolute Gasteiger partial charge is 0.497 e. The second kappa shape index (κ2) is 4.26. The minimum atomic E-state index is -2.58. The molecule has 0 spiro atoms. The highest BCUT2D eigenvalue weighted by atomic mass is 19.3. The first kappa shape index (κ1) is 12.3. The number of rotatable bonds is 3. The SMILES string of the molecule is COc1ccc(C2(CN)CCC(F)(F)C2)cc1. The minimum absolute atomic E-state index is 0.0732. The smallest absolute Gasteiger partial charge is 0.249 e. The molecule has 1 saturated carbocycles. The van der Waals surface area contributed by atoms with E-state index >= 15 is 0 Å². The first-order chi connectivity index (χ1) is 8.01. The Morgan fingerprint density at radius 1 is 1.24 bits per heavy atom. The van der Waals surface area contributed by atoms with Gasteiger partial charge in [0, 0.05) is 24.8 Å². The Morgan fingerprint density at radius 2 is 1.88 bits per heavy atom. The van der Waals surface area contributed by atoms with E-state index in [1.165, 1.54) is 0 Å². The molecule has 1 unspecified atom stereocenters. The van der Waals surface area contributed by atoms with Crippen molar-refractivity contribution >= 4 is 0 Å². The van der Waals surface area contributed by atoms with Gasteiger partial charge < -0.3 is 10.5 Å². The zero-order valence-electron chi connectivity index (χ0n) is 9.88. The molecule has 2 nitrogen and oxygen atoms in total. The van der Waals surface area contributed by atoms with Crippen LogP contribution >= 0.6 is 0 Å². The summed E-state index contributed by atoms with van der Waals surface area (Å²) in [4.78, 5) is 0. The zero-order valence-corrected chi connectivity index (χ0v) is 9.88. The molecule has 94 valence electrons. The van der Waals surface area contributed by atoms with Crippen LogP contribution in [0.3, 0.4) is 0 Å². The quantitative estimate of drug-likeness (QED) is 0.883. The van der Waals surface area contributed by atoms with Crippen LogP contribution in [0.4, 0.5) is 8.78 Å². The van der Waals surface area contributed by atoms with Crippen molar-refractivity contribution in [1.82, 2.24) is 0 Å². The molecule has 0 aliphatic heterocycles. The van der Waals surface area contributed by atoms with Crippen LogP contribution in [-0.4, -0.2) is 19.6 Å². The molecular formula is C13H17F2NO.